The highest BCUT2D eigenvalue weighted by molar-refractivity contribution is 8.15. The van der Waals surface area contributed by atoms with Gasteiger partial charge in [-0.15, -0.1) is 0 Å². The van der Waals surface area contributed by atoms with Crippen LogP contribution in [-0.2, 0) is 9.59 Å². The lowest BCUT2D eigenvalue weighted by Gasteiger charge is -2.31. The molecule has 5 rings (SSSR count). The molecule has 0 saturated carbocycles. The summed E-state index contributed by atoms with van der Waals surface area (Å²) in [5, 5.41) is 4.94. The molecule has 4 aromatic rings. The molecule has 0 aliphatic carbocycles. The van der Waals surface area contributed by atoms with Gasteiger partial charge in [0, 0.05) is 17.5 Å². The van der Waals surface area contributed by atoms with Crippen LogP contribution in [0.2, 0.25) is 0 Å². The van der Waals surface area contributed by atoms with Crippen molar-refractivity contribution in [3.8, 4) is 0 Å². The van der Waals surface area contributed by atoms with Crippen molar-refractivity contribution in [1.29, 1.82) is 0 Å². The highest BCUT2D eigenvalue weighted by Gasteiger charge is 2.36. The quantitative estimate of drug-likeness (QED) is 0.414. The zero-order valence-electron chi connectivity index (χ0n) is 17.7. The number of rotatable bonds is 4. The Hall–Kier alpha value is -3.90. The molecule has 1 atom stereocenters. The second-order valence-corrected chi connectivity index (χ2v) is 8.79. The average molecular weight is 452 g/mol. The molecule has 4 aromatic carbocycles. The second-order valence-electron chi connectivity index (χ2n) is 7.62. The number of nitrogens with one attached hydrogen (secondary N) is 1. The van der Waals surface area contributed by atoms with Crippen molar-refractivity contribution in [1.82, 2.24) is 0 Å². The topological polar surface area (TPSA) is 61.8 Å². The summed E-state index contributed by atoms with van der Waals surface area (Å²) in [5.74, 6) is -0.370. The van der Waals surface area contributed by atoms with Gasteiger partial charge in [-0.2, -0.15) is 0 Å². The number of para-hydroxylation sites is 2. The summed E-state index contributed by atoms with van der Waals surface area (Å²) in [6.07, 6.45) is 0.0873. The van der Waals surface area contributed by atoms with Crippen molar-refractivity contribution >= 4 is 56.6 Å². The van der Waals surface area contributed by atoms with E-state index in [1.807, 2.05) is 103 Å². The van der Waals surface area contributed by atoms with Gasteiger partial charge < -0.3 is 5.32 Å². The molecule has 33 heavy (non-hydrogen) atoms. The largest absolute Gasteiger partial charge is 0.325 e. The monoisotopic (exact) mass is 451 g/mol. The molecule has 5 nitrogen and oxygen atoms in total. The number of carbonyl (C=O) groups is 2. The molecule has 0 bridgehead atoms. The van der Waals surface area contributed by atoms with Crippen LogP contribution in [0.4, 0.5) is 17.1 Å². The molecule has 1 saturated heterocycles. The number of anilines is 2. The van der Waals surface area contributed by atoms with E-state index in [1.54, 1.807) is 4.90 Å². The van der Waals surface area contributed by atoms with Gasteiger partial charge in [-0.25, -0.2) is 4.99 Å². The van der Waals surface area contributed by atoms with Gasteiger partial charge in [0.25, 0.3) is 0 Å². The first-order valence-corrected chi connectivity index (χ1v) is 11.5. The summed E-state index contributed by atoms with van der Waals surface area (Å²) in [5.41, 5.74) is 2.19. The predicted octanol–water partition coefficient (Wildman–Crippen LogP) is 6.00. The molecule has 6 heteroatoms. The molecule has 1 aliphatic rings. The minimum absolute atomic E-state index is 0.0873. The minimum atomic E-state index is -0.584. The van der Waals surface area contributed by atoms with Crippen LogP contribution in [0.15, 0.2) is 108 Å². The summed E-state index contributed by atoms with van der Waals surface area (Å²) >= 11 is 1.31. The van der Waals surface area contributed by atoms with Crippen molar-refractivity contribution in [2.24, 2.45) is 4.99 Å². The number of amides is 2. The normalized spacial score (nSPS) is 17.3. The van der Waals surface area contributed by atoms with Crippen LogP contribution in [0.5, 0.6) is 0 Å². The van der Waals surface area contributed by atoms with Crippen molar-refractivity contribution in [2.75, 3.05) is 10.2 Å². The predicted molar refractivity (Wildman–Crippen MR) is 136 cm³/mol. The maximum Gasteiger partial charge on any atom is 0.238 e. The van der Waals surface area contributed by atoms with Crippen LogP contribution in [0, 0.1) is 0 Å². The lowest BCUT2D eigenvalue weighted by molar-refractivity contribution is -0.121. The van der Waals surface area contributed by atoms with E-state index in [1.165, 1.54) is 11.8 Å². The van der Waals surface area contributed by atoms with E-state index >= 15 is 0 Å². The summed E-state index contributed by atoms with van der Waals surface area (Å²) in [7, 11) is 0. The molecular weight excluding hydrogens is 430 g/mol. The van der Waals surface area contributed by atoms with Crippen LogP contribution < -0.4 is 10.2 Å². The molecule has 2 amide bonds. The molecule has 0 spiro atoms. The maximum atomic E-state index is 13.2. The smallest absolute Gasteiger partial charge is 0.238 e. The van der Waals surface area contributed by atoms with Gasteiger partial charge in [0.2, 0.25) is 11.8 Å². The zero-order chi connectivity index (χ0) is 22.6. The molecule has 162 valence electrons. The van der Waals surface area contributed by atoms with E-state index in [4.69, 9.17) is 4.99 Å². The Kier molecular flexibility index (Phi) is 5.91. The van der Waals surface area contributed by atoms with E-state index in [0.29, 0.717) is 5.17 Å². The van der Waals surface area contributed by atoms with E-state index in [9.17, 15) is 9.59 Å². The first-order valence-electron chi connectivity index (χ1n) is 10.7. The summed E-state index contributed by atoms with van der Waals surface area (Å²) in [6.45, 7) is 0. The Morgan fingerprint density at radius 2 is 1.52 bits per heavy atom. The summed E-state index contributed by atoms with van der Waals surface area (Å²) in [4.78, 5) is 32.8. The van der Waals surface area contributed by atoms with Crippen LogP contribution in [0.3, 0.4) is 0 Å². The van der Waals surface area contributed by atoms with Gasteiger partial charge in [-0.3, -0.25) is 14.5 Å². The van der Waals surface area contributed by atoms with Crippen LogP contribution in [0.25, 0.3) is 10.8 Å². The van der Waals surface area contributed by atoms with Crippen molar-refractivity contribution < 1.29 is 9.59 Å². The highest BCUT2D eigenvalue weighted by Crippen LogP contribution is 2.33. The number of benzene rings is 4. The number of nitrogens with zero attached hydrogens (tertiary/aromatic N) is 2. The number of hydrogen-bond donors (Lipinski definition) is 1. The Labute approximate surface area is 196 Å². The lowest BCUT2D eigenvalue weighted by atomic mass is 10.1. The Bertz CT molecular complexity index is 1330. The number of fused-ring (bicyclic) bond motifs is 1. The second kappa shape index (κ2) is 9.30. The summed E-state index contributed by atoms with van der Waals surface area (Å²) < 4.78 is 0. The highest BCUT2D eigenvalue weighted by atomic mass is 32.2. The van der Waals surface area contributed by atoms with E-state index < -0.39 is 5.25 Å². The third-order valence-electron chi connectivity index (χ3n) is 5.38. The van der Waals surface area contributed by atoms with Crippen molar-refractivity contribution in [3.63, 3.8) is 0 Å². The van der Waals surface area contributed by atoms with Crippen molar-refractivity contribution in [2.45, 2.75) is 11.7 Å². The number of aliphatic imine (C=N–C) groups is 1. The molecule has 1 N–H and O–H groups in total. The van der Waals surface area contributed by atoms with Crippen LogP contribution in [-0.4, -0.2) is 22.2 Å². The van der Waals surface area contributed by atoms with Crippen molar-refractivity contribution in [3.05, 3.63) is 103 Å². The molecule has 0 aromatic heterocycles. The van der Waals surface area contributed by atoms with Crippen LogP contribution in [0.1, 0.15) is 6.42 Å². The molecule has 0 radical (unpaired) electrons. The van der Waals surface area contributed by atoms with E-state index in [-0.39, 0.29) is 18.2 Å². The summed E-state index contributed by atoms with van der Waals surface area (Å²) in [6, 6.07) is 32.6. The van der Waals surface area contributed by atoms with Gasteiger partial charge in [0.05, 0.1) is 11.4 Å². The number of amidine groups is 1. The fraction of sp³-hybridized carbons (Fsp3) is 0.0741. The van der Waals surface area contributed by atoms with Gasteiger partial charge in [-0.1, -0.05) is 84.6 Å². The fourth-order valence-electron chi connectivity index (χ4n) is 3.79. The fourth-order valence-corrected chi connectivity index (χ4v) is 4.91. The van der Waals surface area contributed by atoms with E-state index in [2.05, 4.69) is 5.32 Å². The Morgan fingerprint density at radius 3 is 2.30 bits per heavy atom. The van der Waals surface area contributed by atoms with Gasteiger partial charge >= 0.3 is 0 Å². The molecule has 1 heterocycles. The van der Waals surface area contributed by atoms with Gasteiger partial charge in [-0.05, 0) is 35.7 Å². The third-order valence-corrected chi connectivity index (χ3v) is 6.53. The standard InChI is InChI=1S/C27H21N3O2S/c31-25-18-24(26(32)29-23-17-9-11-19-10-7-8-16-22(19)23)33-27(28-20-12-3-1-4-13-20)30(25)21-14-5-2-6-15-21/h1-17,24H,18H2,(H,29,32)/t24-/m0/s1. The number of thioether (sulfide) groups is 1. The molecule has 1 fully saturated rings. The minimum Gasteiger partial charge on any atom is -0.325 e. The molecular formula is C27H21N3O2S. The number of carbonyl (C=O) groups excluding carboxylic acids is 2. The first-order chi connectivity index (χ1) is 16.2. The maximum absolute atomic E-state index is 13.2. The number of hydrogen-bond acceptors (Lipinski definition) is 4. The van der Waals surface area contributed by atoms with Gasteiger partial charge in [0.1, 0.15) is 5.25 Å². The molecule has 1 aliphatic heterocycles. The average Bonchev–Trinajstić information content (AvgIpc) is 2.85. The zero-order valence-corrected chi connectivity index (χ0v) is 18.5. The Balaban J connectivity index is 1.45. The first kappa shape index (κ1) is 21.0. The van der Waals surface area contributed by atoms with Crippen LogP contribution >= 0.6 is 11.8 Å². The Morgan fingerprint density at radius 1 is 0.848 bits per heavy atom. The molecule has 0 unspecified atom stereocenters. The van der Waals surface area contributed by atoms with E-state index in [0.717, 1.165) is 27.8 Å². The lowest BCUT2D eigenvalue weighted by Crippen LogP contribution is -2.45. The third kappa shape index (κ3) is 4.52. The SMILES string of the molecule is O=C(Nc1cccc2ccccc12)[C@@H]1CC(=O)N(c2ccccc2)C(=Nc2ccccc2)S1. The van der Waals surface area contributed by atoms with Gasteiger partial charge in [0.15, 0.2) is 5.17 Å².